The highest BCUT2D eigenvalue weighted by atomic mass is 32.1. The van der Waals surface area contributed by atoms with Gasteiger partial charge in [0.1, 0.15) is 5.75 Å². The summed E-state index contributed by atoms with van der Waals surface area (Å²) in [5.41, 5.74) is 2.26. The van der Waals surface area contributed by atoms with Crippen LogP contribution in [0.2, 0.25) is 0 Å². The second-order valence-corrected chi connectivity index (χ2v) is 6.25. The van der Waals surface area contributed by atoms with Gasteiger partial charge in [0.05, 0.1) is 6.61 Å². The predicted octanol–water partition coefficient (Wildman–Crippen LogP) is 4.97. The number of allylic oxidation sites excluding steroid dienone is 1. The van der Waals surface area contributed by atoms with Gasteiger partial charge in [0.25, 0.3) is 0 Å². The van der Waals surface area contributed by atoms with E-state index in [2.05, 4.69) is 59.0 Å². The molecule has 0 bridgehead atoms. The molecule has 1 nitrogen and oxygen atoms in total. The smallest absolute Gasteiger partial charge is 0.119 e. The first kappa shape index (κ1) is 15.5. The molecule has 0 aromatic heterocycles. The Kier molecular flexibility index (Phi) is 5.23. The number of hydrogen-bond donors (Lipinski definition) is 2. The molecular weight excluding hydrogens is 260 g/mol. The maximum Gasteiger partial charge on any atom is 0.119 e. The van der Waals surface area contributed by atoms with Gasteiger partial charge in [0.15, 0.2) is 0 Å². The normalized spacial score (nSPS) is 13.3. The van der Waals surface area contributed by atoms with E-state index in [0.717, 1.165) is 21.1 Å². The van der Waals surface area contributed by atoms with Crippen LogP contribution in [0.1, 0.15) is 38.8 Å². The lowest BCUT2D eigenvalue weighted by molar-refractivity contribution is 0.340. The number of benzene rings is 1. The highest BCUT2D eigenvalue weighted by Crippen LogP contribution is 2.38. The number of aryl methyl sites for hydroxylation is 1. The van der Waals surface area contributed by atoms with Crippen LogP contribution in [-0.4, -0.2) is 6.61 Å². The van der Waals surface area contributed by atoms with Gasteiger partial charge in [-0.1, -0.05) is 26.8 Å². The third-order valence-corrected chi connectivity index (χ3v) is 4.25. The van der Waals surface area contributed by atoms with E-state index in [4.69, 9.17) is 4.74 Å². The molecule has 100 valence electrons. The molecule has 3 heteroatoms. The Morgan fingerprint density at radius 1 is 1.22 bits per heavy atom. The second kappa shape index (κ2) is 6.07. The molecule has 1 aromatic carbocycles. The standard InChI is InChI=1S/C15H22OS2/c1-6-16-11-8-7-10(2)12(9-11)13(17)14(18)15(3,4)5/h7-9,17-18H,6H2,1-5H3/b14-13-. The Morgan fingerprint density at radius 2 is 1.83 bits per heavy atom. The molecule has 0 heterocycles. The molecular formula is C15H22OS2. The molecule has 0 aliphatic rings. The molecule has 0 unspecified atom stereocenters. The van der Waals surface area contributed by atoms with Gasteiger partial charge in [0.2, 0.25) is 0 Å². The molecule has 0 atom stereocenters. The number of hydrogen-bond acceptors (Lipinski definition) is 3. The Hall–Kier alpha value is -0.540. The lowest BCUT2D eigenvalue weighted by Gasteiger charge is -2.22. The Morgan fingerprint density at radius 3 is 2.33 bits per heavy atom. The highest BCUT2D eigenvalue weighted by Gasteiger charge is 2.18. The minimum absolute atomic E-state index is 0.00570. The number of thiol groups is 2. The van der Waals surface area contributed by atoms with Crippen molar-refractivity contribution in [3.63, 3.8) is 0 Å². The van der Waals surface area contributed by atoms with E-state index < -0.39 is 0 Å². The fourth-order valence-electron chi connectivity index (χ4n) is 1.60. The molecule has 0 saturated carbocycles. The van der Waals surface area contributed by atoms with Crippen molar-refractivity contribution in [2.24, 2.45) is 5.41 Å². The van der Waals surface area contributed by atoms with Gasteiger partial charge >= 0.3 is 0 Å². The first-order valence-electron chi connectivity index (χ1n) is 6.14. The SMILES string of the molecule is CCOc1ccc(C)c(/C(S)=C(/S)C(C)(C)C)c1. The van der Waals surface area contributed by atoms with Crippen LogP contribution in [0.3, 0.4) is 0 Å². The summed E-state index contributed by atoms with van der Waals surface area (Å²) in [6.07, 6.45) is 0. The van der Waals surface area contributed by atoms with Crippen molar-refractivity contribution < 1.29 is 4.74 Å². The Bertz CT molecular complexity index is 456. The van der Waals surface area contributed by atoms with Crippen molar-refractivity contribution >= 4 is 30.2 Å². The van der Waals surface area contributed by atoms with E-state index >= 15 is 0 Å². The maximum absolute atomic E-state index is 5.54. The molecule has 0 radical (unpaired) electrons. The van der Waals surface area contributed by atoms with E-state index in [1.807, 2.05) is 19.1 Å². The van der Waals surface area contributed by atoms with Crippen molar-refractivity contribution in [2.75, 3.05) is 6.61 Å². The van der Waals surface area contributed by atoms with Gasteiger partial charge < -0.3 is 4.74 Å². The van der Waals surface area contributed by atoms with Gasteiger partial charge in [-0.3, -0.25) is 0 Å². The van der Waals surface area contributed by atoms with Crippen LogP contribution in [0.15, 0.2) is 23.1 Å². The van der Waals surface area contributed by atoms with E-state index in [1.165, 1.54) is 5.56 Å². The van der Waals surface area contributed by atoms with E-state index in [1.54, 1.807) is 0 Å². The number of rotatable bonds is 3. The van der Waals surface area contributed by atoms with Crippen molar-refractivity contribution in [3.05, 3.63) is 34.2 Å². The molecule has 0 spiro atoms. The zero-order valence-electron chi connectivity index (χ0n) is 11.7. The van der Waals surface area contributed by atoms with Crippen molar-refractivity contribution in [1.29, 1.82) is 0 Å². The van der Waals surface area contributed by atoms with Crippen molar-refractivity contribution in [3.8, 4) is 5.75 Å². The molecule has 0 fully saturated rings. The molecule has 0 N–H and O–H groups in total. The average molecular weight is 282 g/mol. The quantitative estimate of drug-likeness (QED) is 0.744. The van der Waals surface area contributed by atoms with Gasteiger partial charge in [-0.15, -0.1) is 25.3 Å². The summed E-state index contributed by atoms with van der Waals surface area (Å²) in [5.74, 6) is 0.875. The molecule has 0 saturated heterocycles. The molecule has 0 aliphatic heterocycles. The van der Waals surface area contributed by atoms with Crippen molar-refractivity contribution in [2.45, 2.75) is 34.6 Å². The Balaban J connectivity index is 3.28. The van der Waals surface area contributed by atoms with Crippen LogP contribution in [-0.2, 0) is 0 Å². The third-order valence-electron chi connectivity index (χ3n) is 2.71. The molecule has 0 aliphatic carbocycles. The monoisotopic (exact) mass is 282 g/mol. The van der Waals surface area contributed by atoms with Crippen molar-refractivity contribution in [1.82, 2.24) is 0 Å². The second-order valence-electron chi connectivity index (χ2n) is 5.36. The summed E-state index contributed by atoms with van der Waals surface area (Å²) >= 11 is 9.25. The predicted molar refractivity (Wildman–Crippen MR) is 86.7 cm³/mol. The lowest BCUT2D eigenvalue weighted by atomic mass is 9.93. The summed E-state index contributed by atoms with van der Waals surface area (Å²) in [6, 6.07) is 6.07. The third kappa shape index (κ3) is 3.72. The van der Waals surface area contributed by atoms with Crippen LogP contribution in [0.4, 0.5) is 0 Å². The van der Waals surface area contributed by atoms with Gasteiger partial charge in [0, 0.05) is 9.81 Å². The highest BCUT2D eigenvalue weighted by molar-refractivity contribution is 7.93. The first-order chi connectivity index (χ1) is 8.27. The Labute approximate surface area is 121 Å². The van der Waals surface area contributed by atoms with Crippen LogP contribution < -0.4 is 4.74 Å². The molecule has 0 amide bonds. The van der Waals surface area contributed by atoms with Gasteiger partial charge in [-0.25, -0.2) is 0 Å². The summed E-state index contributed by atoms with van der Waals surface area (Å²) in [5, 5.41) is 0. The molecule has 1 aromatic rings. The first-order valence-corrected chi connectivity index (χ1v) is 7.03. The summed E-state index contributed by atoms with van der Waals surface area (Å²) in [6.45, 7) is 11.1. The fourth-order valence-corrected chi connectivity index (χ4v) is 2.29. The molecule has 1 rings (SSSR count). The topological polar surface area (TPSA) is 9.23 Å². The minimum atomic E-state index is -0.00570. The van der Waals surface area contributed by atoms with E-state index in [9.17, 15) is 0 Å². The van der Waals surface area contributed by atoms with E-state index in [0.29, 0.717) is 6.61 Å². The maximum atomic E-state index is 5.54. The largest absolute Gasteiger partial charge is 0.494 e. The lowest BCUT2D eigenvalue weighted by Crippen LogP contribution is -2.06. The molecule has 18 heavy (non-hydrogen) atoms. The van der Waals surface area contributed by atoms with Crippen LogP contribution in [0.5, 0.6) is 5.75 Å². The zero-order valence-corrected chi connectivity index (χ0v) is 13.5. The van der Waals surface area contributed by atoms with Crippen LogP contribution in [0.25, 0.3) is 4.91 Å². The minimum Gasteiger partial charge on any atom is -0.494 e. The summed E-state index contributed by atoms with van der Waals surface area (Å²) in [4.78, 5) is 1.91. The van der Waals surface area contributed by atoms with Crippen LogP contribution in [0, 0.1) is 12.3 Å². The van der Waals surface area contributed by atoms with E-state index in [-0.39, 0.29) is 5.41 Å². The zero-order chi connectivity index (χ0) is 13.9. The van der Waals surface area contributed by atoms with Crippen LogP contribution >= 0.6 is 25.3 Å². The number of ether oxygens (including phenoxy) is 1. The van der Waals surface area contributed by atoms with Gasteiger partial charge in [-0.2, -0.15) is 0 Å². The fraction of sp³-hybridized carbons (Fsp3) is 0.467. The van der Waals surface area contributed by atoms with Gasteiger partial charge in [-0.05, 0) is 42.5 Å². The summed E-state index contributed by atoms with van der Waals surface area (Å²) in [7, 11) is 0. The summed E-state index contributed by atoms with van der Waals surface area (Å²) < 4.78 is 5.54. The average Bonchev–Trinajstić information content (AvgIpc) is 2.29.